The summed E-state index contributed by atoms with van der Waals surface area (Å²) in [5.74, 6) is -0.551. The fraction of sp³-hybridized carbons (Fsp3) is 0.409. The van der Waals surface area contributed by atoms with E-state index < -0.39 is 5.54 Å². The van der Waals surface area contributed by atoms with Gasteiger partial charge in [-0.15, -0.1) is 11.3 Å². The molecule has 4 rings (SSSR count). The molecular formula is C22H24N2O3S. The number of amides is 1. The summed E-state index contributed by atoms with van der Waals surface area (Å²) in [7, 11) is 0. The molecule has 2 aromatic rings. The number of fused-ring (bicyclic) bond motifs is 1. The second-order valence-corrected chi connectivity index (χ2v) is 8.35. The second kappa shape index (κ2) is 8.27. The highest BCUT2D eigenvalue weighted by Crippen LogP contribution is 2.30. The number of benzene rings is 1. The lowest BCUT2D eigenvalue weighted by Gasteiger charge is -2.35. The molecule has 1 aromatic heterocycles. The van der Waals surface area contributed by atoms with Crippen LogP contribution in [0.5, 0.6) is 0 Å². The summed E-state index contributed by atoms with van der Waals surface area (Å²) in [6.45, 7) is 0.264. The van der Waals surface area contributed by atoms with E-state index in [1.807, 2.05) is 18.2 Å². The van der Waals surface area contributed by atoms with E-state index in [4.69, 9.17) is 4.74 Å². The molecule has 28 heavy (non-hydrogen) atoms. The van der Waals surface area contributed by atoms with Crippen molar-refractivity contribution in [3.05, 3.63) is 53.1 Å². The minimum absolute atomic E-state index is 0.231. The standard InChI is InChI=1S/C22H24N2O3S/c25-20(17-9-10-18-19(13-17)28-15-23-18)24-22(11-5-2-6-12-22)21(26)27-14-16-7-3-1-4-8-16/h3,7-10,13,15H,1-2,4-6,11-12,14H2,(H,24,25). The van der Waals surface area contributed by atoms with Crippen molar-refractivity contribution < 1.29 is 14.3 Å². The number of rotatable bonds is 5. The molecule has 1 fully saturated rings. The van der Waals surface area contributed by atoms with Gasteiger partial charge in [-0.2, -0.15) is 0 Å². The van der Waals surface area contributed by atoms with E-state index in [2.05, 4.69) is 22.5 Å². The molecule has 0 radical (unpaired) electrons. The number of esters is 1. The Morgan fingerprint density at radius 1 is 1.18 bits per heavy atom. The number of hydrogen-bond acceptors (Lipinski definition) is 5. The molecule has 1 aromatic carbocycles. The predicted octanol–water partition coefficient (Wildman–Crippen LogP) is 4.55. The molecule has 6 heteroatoms. The molecule has 2 aliphatic rings. The molecule has 0 spiro atoms. The van der Waals surface area contributed by atoms with Crippen LogP contribution in [-0.2, 0) is 9.53 Å². The van der Waals surface area contributed by atoms with Crippen molar-refractivity contribution in [3.8, 4) is 0 Å². The van der Waals surface area contributed by atoms with E-state index in [9.17, 15) is 9.59 Å². The Labute approximate surface area is 168 Å². The number of nitrogens with one attached hydrogen (secondary N) is 1. The van der Waals surface area contributed by atoms with Gasteiger partial charge in [-0.05, 0) is 49.5 Å². The smallest absolute Gasteiger partial charge is 0.332 e. The van der Waals surface area contributed by atoms with Crippen LogP contribution in [0.25, 0.3) is 10.2 Å². The quantitative estimate of drug-likeness (QED) is 0.753. The molecule has 0 atom stereocenters. The van der Waals surface area contributed by atoms with E-state index in [-0.39, 0.29) is 18.5 Å². The van der Waals surface area contributed by atoms with Crippen LogP contribution in [0.4, 0.5) is 0 Å². The number of carbonyl (C=O) groups excluding carboxylic acids is 2. The summed E-state index contributed by atoms with van der Waals surface area (Å²) in [5.41, 5.74) is 3.28. The lowest BCUT2D eigenvalue weighted by molar-refractivity contribution is -0.151. The van der Waals surface area contributed by atoms with Gasteiger partial charge in [0.15, 0.2) is 0 Å². The summed E-state index contributed by atoms with van der Waals surface area (Å²) in [6.07, 6.45) is 12.3. The van der Waals surface area contributed by atoms with Crippen molar-refractivity contribution >= 4 is 33.4 Å². The molecule has 2 aliphatic carbocycles. The predicted molar refractivity (Wildman–Crippen MR) is 110 cm³/mol. The van der Waals surface area contributed by atoms with E-state index in [1.165, 1.54) is 11.3 Å². The normalized spacial score (nSPS) is 18.5. The van der Waals surface area contributed by atoms with Gasteiger partial charge in [0.2, 0.25) is 0 Å². The van der Waals surface area contributed by atoms with E-state index in [0.29, 0.717) is 18.4 Å². The SMILES string of the molecule is O=C(NC1(C(=O)OCC2=CCCC=C2)CCCCC1)c1ccc2ncsc2c1. The van der Waals surface area contributed by atoms with Crippen molar-refractivity contribution in [1.29, 1.82) is 0 Å². The van der Waals surface area contributed by atoms with Gasteiger partial charge >= 0.3 is 5.97 Å². The number of carbonyl (C=O) groups is 2. The Balaban J connectivity index is 1.49. The van der Waals surface area contributed by atoms with Crippen LogP contribution in [0.1, 0.15) is 55.3 Å². The van der Waals surface area contributed by atoms with Gasteiger partial charge in [-0.3, -0.25) is 4.79 Å². The first-order valence-corrected chi connectivity index (χ1v) is 10.7. The fourth-order valence-electron chi connectivity index (χ4n) is 3.88. The maximum Gasteiger partial charge on any atom is 0.332 e. The van der Waals surface area contributed by atoms with Gasteiger partial charge in [-0.1, -0.05) is 37.5 Å². The van der Waals surface area contributed by atoms with Crippen molar-refractivity contribution in [2.45, 2.75) is 50.5 Å². The average Bonchev–Trinajstić information content (AvgIpc) is 3.21. The van der Waals surface area contributed by atoms with E-state index in [0.717, 1.165) is 47.9 Å². The van der Waals surface area contributed by atoms with Crippen LogP contribution >= 0.6 is 11.3 Å². The third-order valence-electron chi connectivity index (χ3n) is 5.49. The van der Waals surface area contributed by atoms with Crippen LogP contribution in [-0.4, -0.2) is 29.0 Å². The molecule has 0 saturated heterocycles. The highest BCUT2D eigenvalue weighted by atomic mass is 32.1. The molecular weight excluding hydrogens is 372 g/mol. The third-order valence-corrected chi connectivity index (χ3v) is 6.28. The van der Waals surface area contributed by atoms with Gasteiger partial charge < -0.3 is 10.1 Å². The molecule has 0 bridgehead atoms. The first kappa shape index (κ1) is 18.9. The third kappa shape index (κ3) is 4.02. The van der Waals surface area contributed by atoms with Gasteiger partial charge in [-0.25, -0.2) is 9.78 Å². The Hall–Kier alpha value is -2.47. The Bertz CT molecular complexity index is 938. The number of thiazole rings is 1. The zero-order chi connectivity index (χ0) is 19.4. The maximum absolute atomic E-state index is 13.0. The highest BCUT2D eigenvalue weighted by Gasteiger charge is 2.42. The second-order valence-electron chi connectivity index (χ2n) is 7.47. The van der Waals surface area contributed by atoms with Crippen LogP contribution in [0.15, 0.2) is 47.5 Å². The van der Waals surface area contributed by atoms with Crippen LogP contribution in [0.3, 0.4) is 0 Å². The summed E-state index contributed by atoms with van der Waals surface area (Å²) in [4.78, 5) is 30.2. The Kier molecular flexibility index (Phi) is 5.57. The van der Waals surface area contributed by atoms with E-state index in [1.54, 1.807) is 11.6 Å². The van der Waals surface area contributed by atoms with Crippen LogP contribution in [0, 0.1) is 0 Å². The molecule has 0 aliphatic heterocycles. The minimum Gasteiger partial charge on any atom is -0.459 e. The molecule has 1 amide bonds. The van der Waals surface area contributed by atoms with Crippen LogP contribution < -0.4 is 5.32 Å². The number of aromatic nitrogens is 1. The van der Waals surface area contributed by atoms with Gasteiger partial charge in [0.05, 0.1) is 15.7 Å². The summed E-state index contributed by atoms with van der Waals surface area (Å²) < 4.78 is 6.60. The largest absolute Gasteiger partial charge is 0.459 e. The fourth-order valence-corrected chi connectivity index (χ4v) is 4.60. The Morgan fingerprint density at radius 2 is 2.04 bits per heavy atom. The molecule has 5 nitrogen and oxygen atoms in total. The minimum atomic E-state index is -0.934. The maximum atomic E-state index is 13.0. The first-order valence-electron chi connectivity index (χ1n) is 9.85. The first-order chi connectivity index (χ1) is 13.7. The van der Waals surface area contributed by atoms with Crippen molar-refractivity contribution in [2.24, 2.45) is 0 Å². The molecule has 1 saturated carbocycles. The zero-order valence-electron chi connectivity index (χ0n) is 15.8. The molecule has 0 unspecified atom stereocenters. The average molecular weight is 397 g/mol. The summed E-state index contributed by atoms with van der Waals surface area (Å²) >= 11 is 1.50. The van der Waals surface area contributed by atoms with E-state index >= 15 is 0 Å². The zero-order valence-corrected chi connectivity index (χ0v) is 16.6. The van der Waals surface area contributed by atoms with Crippen molar-refractivity contribution in [1.82, 2.24) is 10.3 Å². The summed E-state index contributed by atoms with van der Waals surface area (Å²) in [6, 6.07) is 5.44. The Morgan fingerprint density at radius 3 is 2.82 bits per heavy atom. The monoisotopic (exact) mass is 396 g/mol. The highest BCUT2D eigenvalue weighted by molar-refractivity contribution is 7.16. The number of allylic oxidation sites excluding steroid dienone is 2. The van der Waals surface area contributed by atoms with Crippen molar-refractivity contribution in [3.63, 3.8) is 0 Å². The summed E-state index contributed by atoms with van der Waals surface area (Å²) in [5, 5.41) is 3.03. The van der Waals surface area contributed by atoms with Crippen LogP contribution in [0.2, 0.25) is 0 Å². The van der Waals surface area contributed by atoms with Gasteiger partial charge in [0.25, 0.3) is 5.91 Å². The number of nitrogens with zero attached hydrogens (tertiary/aromatic N) is 1. The molecule has 1 heterocycles. The number of ether oxygens (including phenoxy) is 1. The lowest BCUT2D eigenvalue weighted by atomic mass is 9.81. The van der Waals surface area contributed by atoms with Gasteiger partial charge in [0.1, 0.15) is 12.1 Å². The number of hydrogen-bond donors (Lipinski definition) is 1. The molecule has 1 N–H and O–H groups in total. The lowest BCUT2D eigenvalue weighted by Crippen LogP contribution is -2.56. The van der Waals surface area contributed by atoms with Gasteiger partial charge in [0, 0.05) is 5.56 Å². The van der Waals surface area contributed by atoms with Crippen molar-refractivity contribution in [2.75, 3.05) is 6.61 Å². The molecule has 146 valence electrons. The topological polar surface area (TPSA) is 68.3 Å².